The molecular formula is C15H20N6O. The van der Waals surface area contributed by atoms with Gasteiger partial charge in [-0.15, -0.1) is 0 Å². The maximum Gasteiger partial charge on any atom is 0.274 e. The Bertz CT molecular complexity index is 721. The van der Waals surface area contributed by atoms with Crippen LogP contribution in [0.3, 0.4) is 0 Å². The Balaban J connectivity index is 1.83. The van der Waals surface area contributed by atoms with Gasteiger partial charge in [-0.3, -0.25) is 4.79 Å². The highest BCUT2D eigenvalue weighted by Crippen LogP contribution is 2.19. The number of fused-ring (bicyclic) bond motifs is 1. The average Bonchev–Trinajstić information content (AvgIpc) is 2.88. The molecule has 1 aliphatic rings. The molecule has 2 N–H and O–H groups in total. The van der Waals surface area contributed by atoms with E-state index in [-0.39, 0.29) is 17.9 Å². The first-order valence-corrected chi connectivity index (χ1v) is 7.40. The van der Waals surface area contributed by atoms with E-state index < -0.39 is 0 Å². The first-order valence-electron chi connectivity index (χ1n) is 7.40. The molecule has 0 saturated carbocycles. The van der Waals surface area contributed by atoms with E-state index >= 15 is 0 Å². The van der Waals surface area contributed by atoms with E-state index in [1.165, 1.54) is 0 Å². The van der Waals surface area contributed by atoms with Crippen LogP contribution in [0.2, 0.25) is 0 Å². The number of rotatable bonds is 2. The Labute approximate surface area is 129 Å². The van der Waals surface area contributed by atoms with Crippen LogP contribution < -0.4 is 5.73 Å². The molecule has 0 spiro atoms. The molecule has 3 heterocycles. The summed E-state index contributed by atoms with van der Waals surface area (Å²) in [5.74, 6) is 1.03. The van der Waals surface area contributed by atoms with Gasteiger partial charge in [-0.25, -0.2) is 15.0 Å². The molecule has 116 valence electrons. The molecule has 22 heavy (non-hydrogen) atoms. The predicted octanol–water partition coefficient (Wildman–Crippen LogP) is 1.34. The molecular weight excluding hydrogens is 280 g/mol. The first kappa shape index (κ1) is 14.5. The molecule has 1 aliphatic heterocycles. The van der Waals surface area contributed by atoms with E-state index in [0.29, 0.717) is 18.8 Å². The molecule has 7 heteroatoms. The van der Waals surface area contributed by atoms with Crippen LogP contribution in [0, 0.1) is 6.92 Å². The van der Waals surface area contributed by atoms with Crippen molar-refractivity contribution in [2.24, 2.45) is 0 Å². The van der Waals surface area contributed by atoms with Crippen molar-refractivity contribution in [1.82, 2.24) is 24.4 Å². The van der Waals surface area contributed by atoms with Crippen LogP contribution in [0.25, 0.3) is 0 Å². The minimum atomic E-state index is -0.0645. The van der Waals surface area contributed by atoms with Crippen molar-refractivity contribution in [2.45, 2.75) is 39.8 Å². The lowest BCUT2D eigenvalue weighted by molar-refractivity contribution is 0.0726. The van der Waals surface area contributed by atoms with Crippen LogP contribution in [0.5, 0.6) is 0 Å². The van der Waals surface area contributed by atoms with Crippen molar-refractivity contribution in [3.8, 4) is 0 Å². The smallest absolute Gasteiger partial charge is 0.274 e. The summed E-state index contributed by atoms with van der Waals surface area (Å²) in [6.45, 7) is 7.15. The number of carbonyl (C=O) groups is 1. The van der Waals surface area contributed by atoms with Gasteiger partial charge in [0.25, 0.3) is 5.91 Å². The molecule has 0 aromatic carbocycles. The van der Waals surface area contributed by atoms with Crippen molar-refractivity contribution in [3.63, 3.8) is 0 Å². The number of nitrogens with zero attached hydrogens (tertiary/aromatic N) is 5. The minimum absolute atomic E-state index is 0.0645. The van der Waals surface area contributed by atoms with Crippen LogP contribution >= 0.6 is 0 Å². The van der Waals surface area contributed by atoms with E-state index in [9.17, 15) is 4.79 Å². The van der Waals surface area contributed by atoms with Crippen molar-refractivity contribution in [1.29, 1.82) is 0 Å². The van der Waals surface area contributed by atoms with Crippen LogP contribution in [0.4, 0.5) is 5.95 Å². The third kappa shape index (κ3) is 2.54. The van der Waals surface area contributed by atoms with Gasteiger partial charge in [0, 0.05) is 25.0 Å². The minimum Gasteiger partial charge on any atom is -0.368 e. The monoisotopic (exact) mass is 300 g/mol. The number of nitrogen functional groups attached to an aromatic ring is 1. The SMILES string of the molecule is Cc1nc(C(=O)N2CCc3cnc(N)nc3C2)cn1C(C)C. The van der Waals surface area contributed by atoms with E-state index in [4.69, 9.17) is 5.73 Å². The summed E-state index contributed by atoms with van der Waals surface area (Å²) in [6.07, 6.45) is 4.31. The number of nitrogens with two attached hydrogens (primary N) is 1. The molecule has 0 atom stereocenters. The maximum atomic E-state index is 12.7. The predicted molar refractivity (Wildman–Crippen MR) is 82.2 cm³/mol. The number of hydrogen-bond donors (Lipinski definition) is 1. The largest absolute Gasteiger partial charge is 0.368 e. The number of anilines is 1. The fourth-order valence-corrected chi connectivity index (χ4v) is 2.77. The molecule has 0 radical (unpaired) electrons. The average molecular weight is 300 g/mol. The second-order valence-corrected chi connectivity index (χ2v) is 5.85. The quantitative estimate of drug-likeness (QED) is 0.904. The summed E-state index contributed by atoms with van der Waals surface area (Å²) < 4.78 is 2.01. The standard InChI is InChI=1S/C15H20N6O/c1-9(2)21-8-13(18-10(21)3)14(22)20-5-4-11-6-17-15(16)19-12(11)7-20/h6,8-9H,4-5,7H2,1-3H3,(H2,16,17,19). The lowest BCUT2D eigenvalue weighted by Crippen LogP contribution is -2.36. The molecule has 2 aromatic heterocycles. The molecule has 0 saturated heterocycles. The van der Waals surface area contributed by atoms with E-state index in [1.807, 2.05) is 17.7 Å². The van der Waals surface area contributed by atoms with Gasteiger partial charge in [-0.2, -0.15) is 0 Å². The van der Waals surface area contributed by atoms with Crippen molar-refractivity contribution in [2.75, 3.05) is 12.3 Å². The normalized spacial score (nSPS) is 14.3. The summed E-state index contributed by atoms with van der Waals surface area (Å²) in [4.78, 5) is 27.1. The van der Waals surface area contributed by atoms with Crippen LogP contribution in [-0.4, -0.2) is 36.9 Å². The van der Waals surface area contributed by atoms with Crippen LogP contribution in [0.15, 0.2) is 12.4 Å². The number of carbonyl (C=O) groups excluding carboxylic acids is 1. The highest BCUT2D eigenvalue weighted by molar-refractivity contribution is 5.92. The highest BCUT2D eigenvalue weighted by atomic mass is 16.2. The fourth-order valence-electron chi connectivity index (χ4n) is 2.77. The molecule has 0 aliphatic carbocycles. The van der Waals surface area contributed by atoms with E-state index in [2.05, 4.69) is 28.8 Å². The summed E-state index contributed by atoms with van der Waals surface area (Å²) >= 11 is 0. The maximum absolute atomic E-state index is 12.7. The number of aryl methyl sites for hydroxylation is 1. The molecule has 0 unspecified atom stereocenters. The van der Waals surface area contributed by atoms with Crippen molar-refractivity contribution >= 4 is 11.9 Å². The molecule has 0 bridgehead atoms. The second-order valence-electron chi connectivity index (χ2n) is 5.85. The zero-order chi connectivity index (χ0) is 15.9. The van der Waals surface area contributed by atoms with Crippen molar-refractivity contribution in [3.05, 3.63) is 35.2 Å². The van der Waals surface area contributed by atoms with E-state index in [1.54, 1.807) is 11.1 Å². The molecule has 2 aromatic rings. The Morgan fingerprint density at radius 2 is 2.14 bits per heavy atom. The second kappa shape index (κ2) is 5.40. The highest BCUT2D eigenvalue weighted by Gasteiger charge is 2.25. The topological polar surface area (TPSA) is 89.9 Å². The molecule has 7 nitrogen and oxygen atoms in total. The number of imidazole rings is 1. The fraction of sp³-hybridized carbons (Fsp3) is 0.467. The van der Waals surface area contributed by atoms with Gasteiger partial charge in [-0.05, 0) is 32.8 Å². The van der Waals surface area contributed by atoms with Gasteiger partial charge in [0.15, 0.2) is 0 Å². The lowest BCUT2D eigenvalue weighted by Gasteiger charge is -2.27. The Morgan fingerprint density at radius 3 is 2.82 bits per heavy atom. The van der Waals surface area contributed by atoms with Gasteiger partial charge in [-0.1, -0.05) is 0 Å². The lowest BCUT2D eigenvalue weighted by atomic mass is 10.1. The summed E-state index contributed by atoms with van der Waals surface area (Å²) in [6, 6.07) is 0.281. The van der Waals surface area contributed by atoms with Crippen LogP contribution in [0.1, 0.15) is 47.5 Å². The summed E-state index contributed by atoms with van der Waals surface area (Å²) in [5.41, 5.74) is 8.00. The summed E-state index contributed by atoms with van der Waals surface area (Å²) in [5, 5.41) is 0. The Morgan fingerprint density at radius 1 is 1.36 bits per heavy atom. The third-order valence-corrected chi connectivity index (χ3v) is 3.94. The molecule has 0 fully saturated rings. The van der Waals surface area contributed by atoms with Crippen LogP contribution in [-0.2, 0) is 13.0 Å². The van der Waals surface area contributed by atoms with Gasteiger partial charge >= 0.3 is 0 Å². The first-order chi connectivity index (χ1) is 10.5. The van der Waals surface area contributed by atoms with E-state index in [0.717, 1.165) is 23.5 Å². The number of amides is 1. The van der Waals surface area contributed by atoms with Gasteiger partial charge in [0.1, 0.15) is 11.5 Å². The van der Waals surface area contributed by atoms with Gasteiger partial charge < -0.3 is 15.2 Å². The number of aromatic nitrogens is 4. The van der Waals surface area contributed by atoms with Gasteiger partial charge in [0.2, 0.25) is 5.95 Å². The molecule has 1 amide bonds. The number of hydrogen-bond acceptors (Lipinski definition) is 5. The molecule has 3 rings (SSSR count). The van der Waals surface area contributed by atoms with Gasteiger partial charge in [0.05, 0.1) is 12.2 Å². The zero-order valence-corrected chi connectivity index (χ0v) is 13.1. The Kier molecular flexibility index (Phi) is 3.56. The zero-order valence-electron chi connectivity index (χ0n) is 13.1. The Hall–Kier alpha value is -2.44. The van der Waals surface area contributed by atoms with Crippen molar-refractivity contribution < 1.29 is 4.79 Å². The third-order valence-electron chi connectivity index (χ3n) is 3.94. The summed E-state index contributed by atoms with van der Waals surface area (Å²) in [7, 11) is 0.